The first-order valence-corrected chi connectivity index (χ1v) is 25.1. The van der Waals surface area contributed by atoms with Gasteiger partial charge in [-0.1, -0.05) is 43.9 Å². The molecule has 7 rings (SSSR count). The first kappa shape index (κ1) is 46.6. The zero-order chi connectivity index (χ0) is 42.2. The first-order chi connectivity index (χ1) is 29.1. The minimum absolute atomic E-state index is 0.00603. The highest BCUT2D eigenvalue weighted by Crippen LogP contribution is 2.49. The van der Waals surface area contributed by atoms with Crippen LogP contribution in [-0.4, -0.2) is 95.4 Å². The number of ether oxygens (including phenoxy) is 1. The lowest BCUT2D eigenvalue weighted by Gasteiger charge is -2.46. The number of hydrogen-bond acceptors (Lipinski definition) is 10. The predicted molar refractivity (Wildman–Crippen MR) is 234 cm³/mol. The third-order valence-electron chi connectivity index (χ3n) is 17.7. The normalized spacial score (nSPS) is 40.8. The number of aliphatic hydroxyl groups is 4. The molecule has 60 heavy (non-hydrogen) atoms. The zero-order valence-electron chi connectivity index (χ0n) is 37.1. The molecule has 0 bridgehead atoms. The summed E-state index contributed by atoms with van der Waals surface area (Å²) >= 11 is 0. The highest BCUT2D eigenvalue weighted by Gasteiger charge is 2.43. The van der Waals surface area contributed by atoms with Gasteiger partial charge < -0.3 is 41.5 Å². The fourth-order valence-electron chi connectivity index (χ4n) is 14.3. The second-order valence-electron chi connectivity index (χ2n) is 21.3. The Morgan fingerprint density at radius 3 is 2.38 bits per heavy atom. The Hall–Kier alpha value is -1.42. The molecule has 18 atom stereocenters. The zero-order valence-corrected chi connectivity index (χ0v) is 37.1. The number of methoxy groups -OCH3 is 1. The lowest BCUT2D eigenvalue weighted by atomic mass is 9.61. The van der Waals surface area contributed by atoms with Crippen LogP contribution in [0.2, 0.25) is 0 Å². The van der Waals surface area contributed by atoms with Crippen LogP contribution in [0, 0.1) is 82.9 Å². The average Bonchev–Trinajstić information content (AvgIpc) is 3.31. The SMILES string of the molecule is COC1CC2CCC(=O)C(C(O)CCCC(CCO)C3CNC4CC(=O)CCC4C3)C#CC(CCC(O)CC(C3CCNC(N)C3)C3CCC4CCCCC4C3)C2CC1O. The van der Waals surface area contributed by atoms with E-state index in [4.69, 9.17) is 10.5 Å². The van der Waals surface area contributed by atoms with Crippen molar-refractivity contribution in [3.63, 3.8) is 0 Å². The van der Waals surface area contributed by atoms with Crippen molar-refractivity contribution in [2.24, 2.45) is 76.7 Å². The third kappa shape index (κ3) is 12.0. The van der Waals surface area contributed by atoms with Crippen LogP contribution < -0.4 is 16.4 Å². The number of nitrogens with two attached hydrogens (primary N) is 1. The number of ketones is 2. The molecule has 10 nitrogen and oxygen atoms in total. The Morgan fingerprint density at radius 1 is 0.800 bits per heavy atom. The van der Waals surface area contributed by atoms with Crippen molar-refractivity contribution in [2.45, 2.75) is 191 Å². The molecule has 8 N–H and O–H groups in total. The van der Waals surface area contributed by atoms with Crippen molar-refractivity contribution < 1.29 is 34.8 Å². The monoisotopic (exact) mass is 838 g/mol. The minimum atomic E-state index is -0.863. The Morgan fingerprint density at radius 2 is 1.58 bits per heavy atom. The number of carbonyl (C=O) groups is 2. The van der Waals surface area contributed by atoms with Crippen LogP contribution in [0.4, 0.5) is 0 Å². The number of piperidine rings is 2. The van der Waals surface area contributed by atoms with Crippen molar-refractivity contribution >= 4 is 11.6 Å². The number of hydrogen-bond donors (Lipinski definition) is 7. The Bertz CT molecular complexity index is 1440. The van der Waals surface area contributed by atoms with Gasteiger partial charge in [0, 0.05) is 44.9 Å². The largest absolute Gasteiger partial charge is 0.396 e. The smallest absolute Gasteiger partial charge is 0.150 e. The summed E-state index contributed by atoms with van der Waals surface area (Å²) in [5.74, 6) is 11.3. The van der Waals surface area contributed by atoms with Crippen LogP contribution in [0.25, 0.3) is 0 Å². The summed E-state index contributed by atoms with van der Waals surface area (Å²) in [7, 11) is 1.66. The van der Waals surface area contributed by atoms with E-state index >= 15 is 0 Å². The summed E-state index contributed by atoms with van der Waals surface area (Å²) in [4.78, 5) is 26.0. The van der Waals surface area contributed by atoms with Gasteiger partial charge in [0.1, 0.15) is 17.5 Å². The summed E-state index contributed by atoms with van der Waals surface area (Å²) in [6.45, 7) is 1.94. The molecule has 0 spiro atoms. The second-order valence-corrected chi connectivity index (χ2v) is 21.3. The molecule has 2 aliphatic heterocycles. The number of aliphatic hydroxyl groups excluding tert-OH is 4. The Labute approximate surface area is 362 Å². The molecule has 340 valence electrons. The van der Waals surface area contributed by atoms with E-state index in [1.807, 2.05) is 0 Å². The molecule has 18 unspecified atom stereocenters. The topological polar surface area (TPSA) is 174 Å². The van der Waals surface area contributed by atoms with Crippen LogP contribution in [-0.2, 0) is 14.3 Å². The van der Waals surface area contributed by atoms with Crippen molar-refractivity contribution in [1.29, 1.82) is 0 Å². The summed E-state index contributed by atoms with van der Waals surface area (Å²) in [6, 6.07) is 0.285. The predicted octanol–water partition coefficient (Wildman–Crippen LogP) is 5.90. The molecule has 2 heterocycles. The van der Waals surface area contributed by atoms with Gasteiger partial charge in [0.2, 0.25) is 0 Å². The van der Waals surface area contributed by atoms with Crippen molar-refractivity contribution in [3.8, 4) is 11.8 Å². The van der Waals surface area contributed by atoms with Gasteiger partial charge in [-0.2, -0.15) is 0 Å². The van der Waals surface area contributed by atoms with Crippen LogP contribution in [0.1, 0.15) is 154 Å². The van der Waals surface area contributed by atoms with Crippen LogP contribution >= 0.6 is 0 Å². The van der Waals surface area contributed by atoms with E-state index in [-0.39, 0.29) is 48.5 Å². The van der Waals surface area contributed by atoms with E-state index in [9.17, 15) is 30.0 Å². The molecular formula is C50H83N3O7. The molecule has 10 heteroatoms. The molecule has 6 fully saturated rings. The maximum atomic E-state index is 13.9. The van der Waals surface area contributed by atoms with E-state index in [0.717, 1.165) is 76.3 Å². The van der Waals surface area contributed by atoms with Gasteiger partial charge in [-0.05, 0) is 175 Å². The van der Waals surface area contributed by atoms with Gasteiger partial charge >= 0.3 is 0 Å². The fraction of sp³-hybridized carbons (Fsp3) is 0.920. The first-order valence-electron chi connectivity index (χ1n) is 25.1. The maximum Gasteiger partial charge on any atom is 0.150 e. The summed E-state index contributed by atoms with van der Waals surface area (Å²) in [5.41, 5.74) is 6.49. The second kappa shape index (κ2) is 22.5. The van der Waals surface area contributed by atoms with Gasteiger partial charge in [0.05, 0.1) is 30.6 Å². The lowest BCUT2D eigenvalue weighted by molar-refractivity contribution is -0.125. The van der Waals surface area contributed by atoms with E-state index in [0.29, 0.717) is 99.1 Å². The van der Waals surface area contributed by atoms with Crippen LogP contribution in [0.15, 0.2) is 0 Å². The summed E-state index contributed by atoms with van der Waals surface area (Å²) in [5, 5.41) is 51.9. The van der Waals surface area contributed by atoms with Gasteiger partial charge in [0.25, 0.3) is 0 Å². The molecule has 7 aliphatic rings. The number of fused-ring (bicyclic) bond motifs is 3. The van der Waals surface area contributed by atoms with Crippen molar-refractivity contribution in [1.82, 2.24) is 10.6 Å². The molecule has 0 radical (unpaired) electrons. The van der Waals surface area contributed by atoms with E-state index in [2.05, 4.69) is 22.5 Å². The van der Waals surface area contributed by atoms with Crippen molar-refractivity contribution in [3.05, 3.63) is 0 Å². The number of nitrogens with one attached hydrogen (secondary N) is 2. The lowest BCUT2D eigenvalue weighted by Crippen LogP contribution is -2.50. The van der Waals surface area contributed by atoms with Gasteiger partial charge in [-0.15, -0.1) is 0 Å². The summed E-state index contributed by atoms with van der Waals surface area (Å²) < 4.78 is 5.73. The molecule has 5 aliphatic carbocycles. The summed E-state index contributed by atoms with van der Waals surface area (Å²) in [6.07, 6.45) is 20.0. The fourth-order valence-corrected chi connectivity index (χ4v) is 14.3. The van der Waals surface area contributed by atoms with E-state index in [1.165, 1.54) is 44.9 Å². The molecule has 0 aromatic rings. The third-order valence-corrected chi connectivity index (χ3v) is 17.7. The molecule has 0 aromatic heterocycles. The Balaban J connectivity index is 1.01. The molecule has 0 aromatic carbocycles. The molecular weight excluding hydrogens is 755 g/mol. The number of rotatable bonds is 16. The minimum Gasteiger partial charge on any atom is -0.396 e. The van der Waals surface area contributed by atoms with Crippen LogP contribution in [0.3, 0.4) is 0 Å². The van der Waals surface area contributed by atoms with Gasteiger partial charge in [0.15, 0.2) is 0 Å². The Kier molecular flexibility index (Phi) is 17.4. The quantitative estimate of drug-likeness (QED) is 0.0928. The number of Topliss-reactive ketones (excluding diaryl/α,β-unsaturated/α-hetero) is 2. The van der Waals surface area contributed by atoms with Gasteiger partial charge in [-0.3, -0.25) is 9.59 Å². The molecule has 0 amide bonds. The standard InChI is InChI=1S/C50H83N3O7/c1-60-49-25-36-14-18-47(58)42(46(57)8-4-7-32(20-22-54)39-24-38-12-16-41(56)28-45(38)53-30-39)17-13-33(44(36)29-48(49)59)11-15-40(55)27-43(37-19-21-52-50(51)26-37)35-10-9-31-5-2-3-6-34(31)23-35/h31-40,42-46,48-50,52-55,57,59H,2-12,14-16,18-30,51H2,1H3. The maximum absolute atomic E-state index is 13.9. The van der Waals surface area contributed by atoms with E-state index < -0.39 is 24.2 Å². The van der Waals surface area contributed by atoms with Crippen LogP contribution in [0.5, 0.6) is 0 Å². The average molecular weight is 838 g/mol. The number of carbonyl (C=O) groups excluding carboxylic acids is 2. The van der Waals surface area contributed by atoms with E-state index in [1.54, 1.807) is 7.11 Å². The van der Waals surface area contributed by atoms with Gasteiger partial charge in [-0.25, -0.2) is 0 Å². The highest BCUT2D eigenvalue weighted by molar-refractivity contribution is 5.84. The molecule has 4 saturated carbocycles. The highest BCUT2D eigenvalue weighted by atomic mass is 16.5. The molecule has 2 saturated heterocycles. The van der Waals surface area contributed by atoms with Crippen molar-refractivity contribution in [2.75, 3.05) is 26.8 Å².